The first kappa shape index (κ1) is 17.9. The molecule has 0 radical (unpaired) electrons. The Morgan fingerprint density at radius 1 is 1.29 bits per heavy atom. The molecule has 0 fully saturated rings. The third kappa shape index (κ3) is 3.53. The molecule has 0 bridgehead atoms. The lowest BCUT2D eigenvalue weighted by Gasteiger charge is -2.33. The maximum absolute atomic E-state index is 13.5. The number of amides is 2. The van der Waals surface area contributed by atoms with Gasteiger partial charge in [-0.3, -0.25) is 0 Å². The minimum absolute atomic E-state index is 0.0360. The Morgan fingerprint density at radius 3 is 2.62 bits per heavy atom. The Morgan fingerprint density at radius 2 is 2.00 bits per heavy atom. The topological polar surface area (TPSA) is 67.9 Å². The van der Waals surface area contributed by atoms with Crippen molar-refractivity contribution < 1.29 is 27.8 Å². The van der Waals surface area contributed by atoms with Crippen molar-refractivity contribution in [3.8, 4) is 0 Å². The van der Waals surface area contributed by atoms with Crippen LogP contribution in [0.3, 0.4) is 0 Å². The van der Waals surface area contributed by atoms with Crippen LogP contribution in [0.15, 0.2) is 29.5 Å². The number of urea groups is 1. The van der Waals surface area contributed by atoms with Crippen LogP contribution in [0.25, 0.3) is 0 Å². The van der Waals surface area contributed by atoms with Crippen LogP contribution in [-0.4, -0.2) is 44.3 Å². The molecule has 0 saturated carbocycles. The van der Waals surface area contributed by atoms with Gasteiger partial charge >= 0.3 is 12.0 Å². The molecule has 2 amide bonds. The Balaban J connectivity index is 2.40. The number of carbonyl (C=O) groups excluding carboxylic acids is 2. The quantitative estimate of drug-likeness (QED) is 0.659. The number of nitrogens with zero attached hydrogens (tertiary/aromatic N) is 1. The standard InChI is InChI=1S/C16H18F2N2O4/c1-9-13(15(21)24-7-6-23-3)14(19-16(22)20(9)2)10-4-5-11(17)12(18)8-10/h4-5,8,14H,6-7H2,1-3H3,(H,19,22)/t14-/m1/s1. The van der Waals surface area contributed by atoms with Gasteiger partial charge in [-0.25, -0.2) is 18.4 Å². The van der Waals surface area contributed by atoms with Gasteiger partial charge in [0, 0.05) is 19.9 Å². The first-order valence-electron chi connectivity index (χ1n) is 7.22. The lowest BCUT2D eigenvalue weighted by molar-refractivity contribution is -0.140. The molecule has 0 aromatic heterocycles. The Bertz CT molecular complexity index is 691. The number of carbonyl (C=O) groups is 2. The SMILES string of the molecule is COCCOC(=O)C1=C(C)N(C)C(=O)N[C@@H]1c1ccc(F)c(F)c1. The fraction of sp³-hybridized carbons (Fsp3) is 0.375. The van der Waals surface area contributed by atoms with Gasteiger partial charge in [-0.15, -0.1) is 0 Å². The molecule has 1 aromatic rings. The van der Waals surface area contributed by atoms with Gasteiger partial charge < -0.3 is 19.7 Å². The highest BCUT2D eigenvalue weighted by Crippen LogP contribution is 2.31. The van der Waals surface area contributed by atoms with Crippen LogP contribution in [0.2, 0.25) is 0 Å². The average molecular weight is 340 g/mol. The number of hydrogen-bond acceptors (Lipinski definition) is 4. The highest BCUT2D eigenvalue weighted by molar-refractivity contribution is 5.94. The molecule has 24 heavy (non-hydrogen) atoms. The minimum Gasteiger partial charge on any atom is -0.460 e. The molecule has 0 saturated heterocycles. The summed E-state index contributed by atoms with van der Waals surface area (Å²) < 4.78 is 36.6. The smallest absolute Gasteiger partial charge is 0.338 e. The highest BCUT2D eigenvalue weighted by atomic mass is 19.2. The van der Waals surface area contributed by atoms with Crippen molar-refractivity contribution in [3.63, 3.8) is 0 Å². The molecule has 1 N–H and O–H groups in total. The molecule has 1 aliphatic rings. The van der Waals surface area contributed by atoms with Gasteiger partial charge in [-0.1, -0.05) is 6.07 Å². The number of nitrogens with one attached hydrogen (secondary N) is 1. The molecule has 0 aliphatic carbocycles. The fourth-order valence-corrected chi connectivity index (χ4v) is 2.34. The lowest BCUT2D eigenvalue weighted by atomic mass is 9.95. The summed E-state index contributed by atoms with van der Waals surface area (Å²) in [4.78, 5) is 25.7. The van der Waals surface area contributed by atoms with Gasteiger partial charge in [0.2, 0.25) is 0 Å². The molecular weight excluding hydrogens is 322 g/mol. The van der Waals surface area contributed by atoms with Gasteiger partial charge in [-0.2, -0.15) is 0 Å². The normalized spacial score (nSPS) is 17.8. The van der Waals surface area contributed by atoms with E-state index in [2.05, 4.69) is 5.32 Å². The van der Waals surface area contributed by atoms with Crippen molar-refractivity contribution in [2.45, 2.75) is 13.0 Å². The zero-order chi connectivity index (χ0) is 17.9. The maximum Gasteiger partial charge on any atom is 0.338 e. The molecular formula is C16H18F2N2O4. The second kappa shape index (κ2) is 7.39. The van der Waals surface area contributed by atoms with E-state index in [1.807, 2.05) is 0 Å². The molecule has 1 aromatic carbocycles. The number of esters is 1. The highest BCUT2D eigenvalue weighted by Gasteiger charge is 2.35. The molecule has 1 heterocycles. The first-order valence-corrected chi connectivity index (χ1v) is 7.22. The van der Waals surface area contributed by atoms with Gasteiger partial charge in [-0.05, 0) is 24.6 Å². The molecule has 0 spiro atoms. The summed E-state index contributed by atoms with van der Waals surface area (Å²) in [5.74, 6) is -2.74. The molecule has 0 unspecified atom stereocenters. The van der Waals surface area contributed by atoms with E-state index in [4.69, 9.17) is 9.47 Å². The van der Waals surface area contributed by atoms with E-state index in [9.17, 15) is 18.4 Å². The van der Waals surface area contributed by atoms with E-state index in [1.54, 1.807) is 6.92 Å². The van der Waals surface area contributed by atoms with Gasteiger partial charge in [0.05, 0.1) is 18.2 Å². The second-order valence-corrected chi connectivity index (χ2v) is 5.24. The maximum atomic E-state index is 13.5. The van der Waals surface area contributed by atoms with E-state index in [1.165, 1.54) is 25.1 Å². The van der Waals surface area contributed by atoms with E-state index >= 15 is 0 Å². The second-order valence-electron chi connectivity index (χ2n) is 5.24. The van der Waals surface area contributed by atoms with Crippen LogP contribution in [0.5, 0.6) is 0 Å². The molecule has 6 nitrogen and oxygen atoms in total. The summed E-state index contributed by atoms with van der Waals surface area (Å²) in [5.41, 5.74) is 0.767. The predicted octanol–water partition coefficient (Wildman–Crippen LogP) is 2.12. The number of ether oxygens (including phenoxy) is 2. The summed E-state index contributed by atoms with van der Waals surface area (Å²) in [6, 6.07) is 1.80. The van der Waals surface area contributed by atoms with E-state index in [0.29, 0.717) is 5.70 Å². The molecule has 2 rings (SSSR count). The van der Waals surface area contributed by atoms with E-state index < -0.39 is 29.7 Å². The third-order valence-electron chi connectivity index (χ3n) is 3.77. The van der Waals surface area contributed by atoms with Crippen molar-refractivity contribution in [2.75, 3.05) is 27.4 Å². The summed E-state index contributed by atoms with van der Waals surface area (Å²) >= 11 is 0. The molecule has 8 heteroatoms. The fourth-order valence-electron chi connectivity index (χ4n) is 2.34. The van der Waals surface area contributed by atoms with Crippen molar-refractivity contribution in [3.05, 3.63) is 46.7 Å². The number of allylic oxidation sites excluding steroid dienone is 1. The lowest BCUT2D eigenvalue weighted by Crippen LogP contribution is -2.46. The number of halogens is 2. The molecule has 130 valence electrons. The van der Waals surface area contributed by atoms with Gasteiger partial charge in [0.25, 0.3) is 0 Å². The zero-order valence-electron chi connectivity index (χ0n) is 13.6. The Labute approximate surface area is 138 Å². The van der Waals surface area contributed by atoms with Crippen LogP contribution in [0.4, 0.5) is 13.6 Å². The number of rotatable bonds is 5. The Kier molecular flexibility index (Phi) is 5.50. The van der Waals surface area contributed by atoms with E-state index in [0.717, 1.165) is 12.1 Å². The largest absolute Gasteiger partial charge is 0.460 e. The van der Waals surface area contributed by atoms with Crippen molar-refractivity contribution >= 4 is 12.0 Å². The van der Waals surface area contributed by atoms with Crippen LogP contribution >= 0.6 is 0 Å². The van der Waals surface area contributed by atoms with Crippen LogP contribution in [0.1, 0.15) is 18.5 Å². The number of methoxy groups -OCH3 is 1. The predicted molar refractivity (Wildman–Crippen MR) is 80.9 cm³/mol. The summed E-state index contributed by atoms with van der Waals surface area (Å²) in [6.07, 6.45) is 0. The first-order chi connectivity index (χ1) is 11.4. The number of benzene rings is 1. The Hall–Kier alpha value is -2.48. The van der Waals surface area contributed by atoms with Crippen LogP contribution in [0, 0.1) is 11.6 Å². The minimum atomic E-state index is -1.06. The third-order valence-corrected chi connectivity index (χ3v) is 3.77. The summed E-state index contributed by atoms with van der Waals surface area (Å²) in [5, 5.41) is 2.59. The summed E-state index contributed by atoms with van der Waals surface area (Å²) in [7, 11) is 2.96. The van der Waals surface area contributed by atoms with E-state index in [-0.39, 0.29) is 24.4 Å². The van der Waals surface area contributed by atoms with Gasteiger partial charge in [0.15, 0.2) is 11.6 Å². The average Bonchev–Trinajstić information content (AvgIpc) is 2.55. The monoisotopic (exact) mass is 340 g/mol. The molecule has 1 aliphatic heterocycles. The van der Waals surface area contributed by atoms with Gasteiger partial charge in [0.1, 0.15) is 6.61 Å². The van der Waals surface area contributed by atoms with Crippen LogP contribution in [-0.2, 0) is 14.3 Å². The zero-order valence-corrected chi connectivity index (χ0v) is 13.6. The van der Waals surface area contributed by atoms with Crippen LogP contribution < -0.4 is 5.32 Å². The summed E-state index contributed by atoms with van der Waals surface area (Å²) in [6.45, 7) is 1.84. The van der Waals surface area contributed by atoms with Crippen molar-refractivity contribution in [1.29, 1.82) is 0 Å². The van der Waals surface area contributed by atoms with Crippen molar-refractivity contribution in [1.82, 2.24) is 10.2 Å². The number of hydrogen-bond donors (Lipinski definition) is 1. The van der Waals surface area contributed by atoms with Crippen molar-refractivity contribution in [2.24, 2.45) is 0 Å². The molecule has 1 atom stereocenters.